The molecule has 5 nitrogen and oxygen atoms in total. The number of halogens is 3. The van der Waals surface area contributed by atoms with Gasteiger partial charge in [0.2, 0.25) is 0 Å². The second-order valence-corrected chi connectivity index (χ2v) is 3.74. The van der Waals surface area contributed by atoms with Crippen molar-refractivity contribution < 1.29 is 18.0 Å². The van der Waals surface area contributed by atoms with Gasteiger partial charge in [-0.2, -0.15) is 0 Å². The molecule has 0 bridgehead atoms. The lowest BCUT2D eigenvalue weighted by atomic mass is 10.2. The minimum atomic E-state index is -1.21. The number of benzene rings is 1. The largest absolute Gasteiger partial charge is 0.372 e. The Kier molecular flexibility index (Phi) is 3.83. The molecule has 0 aliphatic rings. The summed E-state index contributed by atoms with van der Waals surface area (Å²) in [6.07, 6.45) is 2.51. The number of carbonyl (C=O) groups excluding carboxylic acids is 1. The third-order valence-electron chi connectivity index (χ3n) is 2.37. The molecule has 0 saturated heterocycles. The molecule has 0 radical (unpaired) electrons. The predicted octanol–water partition coefficient (Wildman–Crippen LogP) is 2.19. The van der Waals surface area contributed by atoms with E-state index < -0.39 is 29.0 Å². The van der Waals surface area contributed by atoms with Crippen molar-refractivity contribution in [2.75, 3.05) is 17.7 Å². The maximum Gasteiger partial charge on any atom is 0.276 e. The van der Waals surface area contributed by atoms with Crippen molar-refractivity contribution in [3.63, 3.8) is 0 Å². The number of nitrogens with zero attached hydrogens (tertiary/aromatic N) is 2. The van der Waals surface area contributed by atoms with Crippen LogP contribution in [-0.4, -0.2) is 22.9 Å². The number of carbonyl (C=O) groups is 1. The van der Waals surface area contributed by atoms with Crippen LogP contribution >= 0.6 is 0 Å². The molecular formula is C12H9F3N4O. The van der Waals surface area contributed by atoms with Crippen LogP contribution in [0.1, 0.15) is 10.5 Å². The first-order valence-corrected chi connectivity index (χ1v) is 5.47. The SMILES string of the molecule is CNc1cncc(C(=O)Nc2c(F)cc(F)cc2F)n1. The van der Waals surface area contributed by atoms with Crippen molar-refractivity contribution in [1.29, 1.82) is 0 Å². The molecule has 1 heterocycles. The first kappa shape index (κ1) is 13.8. The van der Waals surface area contributed by atoms with Gasteiger partial charge in [0, 0.05) is 19.2 Å². The van der Waals surface area contributed by atoms with Gasteiger partial charge in [-0.3, -0.25) is 9.78 Å². The van der Waals surface area contributed by atoms with Crippen molar-refractivity contribution >= 4 is 17.4 Å². The first-order valence-electron chi connectivity index (χ1n) is 5.47. The molecule has 0 saturated carbocycles. The molecule has 0 unspecified atom stereocenters. The third-order valence-corrected chi connectivity index (χ3v) is 2.37. The number of aromatic nitrogens is 2. The van der Waals surface area contributed by atoms with Gasteiger partial charge in [-0.1, -0.05) is 0 Å². The summed E-state index contributed by atoms with van der Waals surface area (Å²) in [5, 5.41) is 4.65. The molecule has 104 valence electrons. The lowest BCUT2D eigenvalue weighted by Crippen LogP contribution is -2.17. The average Bonchev–Trinajstić information content (AvgIpc) is 2.42. The number of amides is 1. The number of anilines is 2. The van der Waals surface area contributed by atoms with Gasteiger partial charge >= 0.3 is 0 Å². The van der Waals surface area contributed by atoms with Crippen molar-refractivity contribution in [3.8, 4) is 0 Å². The zero-order valence-electron chi connectivity index (χ0n) is 10.2. The number of nitrogens with one attached hydrogen (secondary N) is 2. The monoisotopic (exact) mass is 282 g/mol. The van der Waals surface area contributed by atoms with Crippen molar-refractivity contribution in [2.24, 2.45) is 0 Å². The Morgan fingerprint density at radius 2 is 1.80 bits per heavy atom. The molecule has 1 aromatic carbocycles. The van der Waals surface area contributed by atoms with Crippen LogP contribution in [0, 0.1) is 17.5 Å². The minimum Gasteiger partial charge on any atom is -0.372 e. The normalized spacial score (nSPS) is 10.2. The molecule has 2 aromatic rings. The van der Waals surface area contributed by atoms with Gasteiger partial charge in [0.15, 0.2) is 11.6 Å². The smallest absolute Gasteiger partial charge is 0.276 e. The number of rotatable bonds is 3. The summed E-state index contributed by atoms with van der Waals surface area (Å²) in [5.41, 5.74) is -0.881. The second kappa shape index (κ2) is 5.55. The minimum absolute atomic E-state index is 0.139. The fourth-order valence-electron chi connectivity index (χ4n) is 1.44. The second-order valence-electron chi connectivity index (χ2n) is 3.74. The molecule has 8 heteroatoms. The van der Waals surface area contributed by atoms with Crippen LogP contribution in [0.4, 0.5) is 24.7 Å². The van der Waals surface area contributed by atoms with Crippen molar-refractivity contribution in [2.45, 2.75) is 0 Å². The van der Waals surface area contributed by atoms with E-state index >= 15 is 0 Å². The van der Waals surface area contributed by atoms with Gasteiger partial charge in [0.05, 0.1) is 12.4 Å². The Hall–Kier alpha value is -2.64. The molecule has 1 amide bonds. The maximum atomic E-state index is 13.4. The highest BCUT2D eigenvalue weighted by molar-refractivity contribution is 6.03. The van der Waals surface area contributed by atoms with Gasteiger partial charge < -0.3 is 10.6 Å². The van der Waals surface area contributed by atoms with Gasteiger partial charge in [0.1, 0.15) is 23.0 Å². The highest BCUT2D eigenvalue weighted by Gasteiger charge is 2.16. The highest BCUT2D eigenvalue weighted by atomic mass is 19.1. The standard InChI is InChI=1S/C12H9F3N4O/c1-16-10-5-17-4-9(18-10)12(20)19-11-7(14)2-6(13)3-8(11)15/h2-5H,1H3,(H,16,18)(H,19,20). The molecule has 2 N–H and O–H groups in total. The summed E-state index contributed by atoms with van der Waals surface area (Å²) in [6, 6.07) is 0.933. The molecular weight excluding hydrogens is 273 g/mol. The summed E-state index contributed by atoms with van der Waals surface area (Å²) in [5.74, 6) is -4.05. The predicted molar refractivity (Wildman–Crippen MR) is 65.8 cm³/mol. The summed E-state index contributed by atoms with van der Waals surface area (Å²) in [4.78, 5) is 19.4. The summed E-state index contributed by atoms with van der Waals surface area (Å²) in [6.45, 7) is 0. The van der Waals surface area contributed by atoms with Crippen LogP contribution in [0.15, 0.2) is 24.5 Å². The Labute approximate surface area is 111 Å². The fraction of sp³-hybridized carbons (Fsp3) is 0.0833. The maximum absolute atomic E-state index is 13.4. The molecule has 0 aliphatic heterocycles. The molecule has 1 aromatic heterocycles. The molecule has 0 atom stereocenters. The highest BCUT2D eigenvalue weighted by Crippen LogP contribution is 2.20. The van der Waals surface area contributed by atoms with Crippen LogP contribution in [0.25, 0.3) is 0 Å². The lowest BCUT2D eigenvalue weighted by Gasteiger charge is -2.08. The van der Waals surface area contributed by atoms with E-state index in [-0.39, 0.29) is 5.69 Å². The van der Waals surface area contributed by atoms with E-state index in [0.717, 1.165) is 6.20 Å². The van der Waals surface area contributed by atoms with Gasteiger partial charge in [-0.15, -0.1) is 0 Å². The zero-order valence-corrected chi connectivity index (χ0v) is 10.2. The Morgan fingerprint density at radius 1 is 1.15 bits per heavy atom. The van der Waals surface area contributed by atoms with Gasteiger partial charge in [-0.25, -0.2) is 18.2 Å². The van der Waals surface area contributed by atoms with Crippen LogP contribution in [0.3, 0.4) is 0 Å². The Bertz CT molecular complexity index is 640. The van der Waals surface area contributed by atoms with E-state index in [1.807, 2.05) is 5.32 Å². The Balaban J connectivity index is 2.28. The first-order chi connectivity index (χ1) is 9.51. The van der Waals surface area contributed by atoms with E-state index in [4.69, 9.17) is 0 Å². The quantitative estimate of drug-likeness (QED) is 0.905. The summed E-state index contributed by atoms with van der Waals surface area (Å²) < 4.78 is 39.5. The van der Waals surface area contributed by atoms with Crippen LogP contribution in [-0.2, 0) is 0 Å². The van der Waals surface area contributed by atoms with Crippen LogP contribution in [0.2, 0.25) is 0 Å². The van der Waals surface area contributed by atoms with Crippen LogP contribution in [0.5, 0.6) is 0 Å². The summed E-state index contributed by atoms with van der Waals surface area (Å²) >= 11 is 0. The molecule has 0 spiro atoms. The van der Waals surface area contributed by atoms with Crippen molar-refractivity contribution in [3.05, 3.63) is 47.7 Å². The zero-order chi connectivity index (χ0) is 14.7. The van der Waals surface area contributed by atoms with Crippen molar-refractivity contribution in [1.82, 2.24) is 9.97 Å². The Morgan fingerprint density at radius 3 is 2.40 bits per heavy atom. The van der Waals surface area contributed by atoms with Crippen LogP contribution < -0.4 is 10.6 Å². The van der Waals surface area contributed by atoms with E-state index in [2.05, 4.69) is 15.3 Å². The fourth-order valence-corrected chi connectivity index (χ4v) is 1.44. The molecule has 0 aliphatic carbocycles. The van der Waals surface area contributed by atoms with E-state index in [9.17, 15) is 18.0 Å². The average molecular weight is 282 g/mol. The van der Waals surface area contributed by atoms with Gasteiger partial charge in [-0.05, 0) is 0 Å². The van der Waals surface area contributed by atoms with E-state index in [1.165, 1.54) is 6.20 Å². The van der Waals surface area contributed by atoms with E-state index in [1.54, 1.807) is 7.05 Å². The lowest BCUT2D eigenvalue weighted by molar-refractivity contribution is 0.102. The topological polar surface area (TPSA) is 66.9 Å². The summed E-state index contributed by atoms with van der Waals surface area (Å²) in [7, 11) is 1.57. The molecule has 0 fully saturated rings. The van der Waals surface area contributed by atoms with Gasteiger partial charge in [0.25, 0.3) is 5.91 Å². The third kappa shape index (κ3) is 2.85. The molecule has 2 rings (SSSR count). The number of hydrogen-bond acceptors (Lipinski definition) is 4. The number of hydrogen-bond donors (Lipinski definition) is 2. The molecule has 20 heavy (non-hydrogen) atoms. The van der Waals surface area contributed by atoms with E-state index in [0.29, 0.717) is 18.0 Å².